The first-order valence-corrected chi connectivity index (χ1v) is 7.24. The van der Waals surface area contributed by atoms with Crippen LogP contribution in [0.15, 0.2) is 0 Å². The van der Waals surface area contributed by atoms with Crippen LogP contribution in [0, 0.1) is 0 Å². The maximum absolute atomic E-state index is 11.3. The van der Waals surface area contributed by atoms with Crippen molar-refractivity contribution in [3.05, 3.63) is 0 Å². The van der Waals surface area contributed by atoms with Gasteiger partial charge in [-0.1, -0.05) is 13.9 Å². The molecule has 0 saturated carbocycles. The fourth-order valence-electron chi connectivity index (χ4n) is 0.284. The number of hydrogen-bond acceptors (Lipinski definition) is 21. The molecule has 138 valence electrons. The molecule has 0 saturated heterocycles. The van der Waals surface area contributed by atoms with Crippen LogP contribution in [0.1, 0.15) is 0 Å². The fraction of sp³-hybridized carbons (Fsp3) is 0. The van der Waals surface area contributed by atoms with E-state index in [0.717, 1.165) is 0 Å². The average Bonchev–Trinajstić information content (AvgIpc) is 2.53. The van der Waals surface area contributed by atoms with Crippen molar-refractivity contribution in [2.24, 2.45) is 0 Å². The molecular weight excluding hydrogens is 398 g/mol. The predicted molar refractivity (Wildman–Crippen MR) is 37.8 cm³/mol. The summed E-state index contributed by atoms with van der Waals surface area (Å²) in [6.07, 6.45) is 0. The van der Waals surface area contributed by atoms with Crippen LogP contribution in [-0.4, -0.2) is 10.5 Å². The average molecular weight is 400 g/mol. The smallest absolute Gasteiger partial charge is 0.587 e. The molecule has 0 heterocycles. The maximum Gasteiger partial charge on any atom is 0.626 e. The van der Waals surface area contributed by atoms with Gasteiger partial charge in [-0.05, 0) is 70.5 Å². The molecule has 0 aromatic carbocycles. The molecule has 1 unspecified atom stereocenters. The zero-order valence-corrected chi connectivity index (χ0v) is 11.3. The van der Waals surface area contributed by atoms with Crippen LogP contribution >= 0.6 is 15.0 Å². The second-order valence-electron chi connectivity index (χ2n) is 1.82. The van der Waals surface area contributed by atoms with Crippen molar-refractivity contribution in [2.75, 3.05) is 0 Å². The SMILES string of the molecule is O=[P+]([O-])P(=O)(OOOOOOOOO)OOOOOOOOO. The summed E-state index contributed by atoms with van der Waals surface area (Å²) in [7, 11) is -9.22. The van der Waals surface area contributed by atoms with E-state index in [1.807, 2.05) is 0 Å². The van der Waals surface area contributed by atoms with Gasteiger partial charge in [-0.25, -0.2) is 15.1 Å². The summed E-state index contributed by atoms with van der Waals surface area (Å²) >= 11 is 0. The van der Waals surface area contributed by atoms with Crippen molar-refractivity contribution in [3.8, 4) is 0 Å². The first-order chi connectivity index (χ1) is 11.1. The largest absolute Gasteiger partial charge is 0.626 e. The molecule has 0 bridgehead atoms. The van der Waals surface area contributed by atoms with Crippen molar-refractivity contribution >= 4 is 15.0 Å². The molecule has 0 aliphatic rings. The fourth-order valence-corrected chi connectivity index (χ4v) is 1.11. The van der Waals surface area contributed by atoms with Crippen molar-refractivity contribution < 1.29 is 104 Å². The molecule has 0 rings (SSSR count). The Bertz CT molecular complexity index is 298. The zero-order valence-electron chi connectivity index (χ0n) is 9.55. The van der Waals surface area contributed by atoms with Crippen LogP contribution in [0.2, 0.25) is 0 Å². The number of hydrogen-bond donors (Lipinski definition) is 2. The third kappa shape index (κ3) is 12.6. The second-order valence-corrected chi connectivity index (χ2v) is 5.98. The van der Waals surface area contributed by atoms with E-state index in [1.165, 1.54) is 0 Å². The van der Waals surface area contributed by atoms with Gasteiger partial charge in [-0.15, -0.1) is 0 Å². The summed E-state index contributed by atoms with van der Waals surface area (Å²) in [6.45, 7) is 0. The van der Waals surface area contributed by atoms with Crippen LogP contribution in [0.3, 0.4) is 0 Å². The van der Waals surface area contributed by atoms with E-state index < -0.39 is 15.0 Å². The van der Waals surface area contributed by atoms with Crippen LogP contribution in [0.25, 0.3) is 0 Å². The second kappa shape index (κ2) is 15.1. The molecular formula is H2O21P2. The molecule has 0 aliphatic heterocycles. The van der Waals surface area contributed by atoms with Gasteiger partial charge in [-0.2, -0.15) is 0 Å². The van der Waals surface area contributed by atoms with Crippen molar-refractivity contribution in [2.45, 2.75) is 0 Å². The minimum Gasteiger partial charge on any atom is -0.587 e. The van der Waals surface area contributed by atoms with Crippen molar-refractivity contribution in [1.82, 2.24) is 0 Å². The quantitative estimate of drug-likeness (QED) is 0.131. The minimum atomic E-state index is -5.20. The summed E-state index contributed by atoms with van der Waals surface area (Å²) in [4.78, 5) is 10.6. The van der Waals surface area contributed by atoms with E-state index in [-0.39, 0.29) is 0 Å². The topological polar surface area (TPSA) is 245 Å². The Kier molecular flexibility index (Phi) is 14.8. The highest BCUT2D eigenvalue weighted by Crippen LogP contribution is 2.66. The van der Waals surface area contributed by atoms with Crippen molar-refractivity contribution in [3.63, 3.8) is 0 Å². The molecule has 2 N–H and O–H groups in total. The van der Waals surface area contributed by atoms with Crippen LogP contribution in [-0.2, 0) is 89.0 Å². The lowest BCUT2D eigenvalue weighted by atomic mass is 14.1. The first kappa shape index (κ1) is 22.6. The van der Waals surface area contributed by atoms with Crippen LogP contribution < -0.4 is 4.89 Å². The monoisotopic (exact) mass is 400 g/mol. The van der Waals surface area contributed by atoms with Gasteiger partial charge in [0.2, 0.25) is 0 Å². The molecule has 0 fully saturated rings. The van der Waals surface area contributed by atoms with E-state index in [9.17, 15) is 14.0 Å². The molecule has 0 radical (unpaired) electrons. The standard InChI is InChI=1S/H2O21P2/c1-6-8-10-12-14-16-18-20-23(5,22(3)4)21-19-17-15-13-11-9-7-2/h1-2H. The van der Waals surface area contributed by atoms with E-state index in [1.54, 1.807) is 0 Å². The third-order valence-electron chi connectivity index (χ3n) is 0.788. The van der Waals surface area contributed by atoms with E-state index in [2.05, 4.69) is 79.9 Å². The highest BCUT2D eigenvalue weighted by molar-refractivity contribution is 8.20. The van der Waals surface area contributed by atoms with Gasteiger partial charge in [0, 0.05) is 0 Å². The summed E-state index contributed by atoms with van der Waals surface area (Å²) in [5, 5.41) is 60.5. The lowest BCUT2D eigenvalue weighted by Crippen LogP contribution is -2.04. The van der Waals surface area contributed by atoms with E-state index >= 15 is 0 Å². The van der Waals surface area contributed by atoms with E-state index in [0.29, 0.717) is 0 Å². The molecule has 0 aromatic rings. The Hall–Kier alpha value is -0.430. The van der Waals surface area contributed by atoms with Gasteiger partial charge < -0.3 is 4.89 Å². The van der Waals surface area contributed by atoms with Gasteiger partial charge in [0.1, 0.15) is 0 Å². The van der Waals surface area contributed by atoms with Crippen LogP contribution in [0.5, 0.6) is 0 Å². The van der Waals surface area contributed by atoms with Crippen molar-refractivity contribution in [1.29, 1.82) is 0 Å². The summed E-state index contributed by atoms with van der Waals surface area (Å²) in [6, 6.07) is 0. The normalized spacial score (nSPS) is 12.6. The van der Waals surface area contributed by atoms with Gasteiger partial charge in [-0.3, -0.25) is 0 Å². The molecule has 0 amide bonds. The summed E-state index contributed by atoms with van der Waals surface area (Å²) in [5.41, 5.74) is 0. The Balaban J connectivity index is 3.79. The number of rotatable bonds is 17. The summed E-state index contributed by atoms with van der Waals surface area (Å²) < 4.78 is 29.0. The predicted octanol–water partition coefficient (Wildman–Crippen LogP) is -0.781. The maximum atomic E-state index is 11.3. The molecule has 0 aromatic heterocycles. The molecule has 21 nitrogen and oxygen atoms in total. The Morgan fingerprint density at radius 2 is 0.957 bits per heavy atom. The highest BCUT2D eigenvalue weighted by atomic mass is 32.1. The highest BCUT2D eigenvalue weighted by Gasteiger charge is 2.47. The van der Waals surface area contributed by atoms with Gasteiger partial charge in [0.25, 0.3) is 0 Å². The lowest BCUT2D eigenvalue weighted by molar-refractivity contribution is -0.829. The summed E-state index contributed by atoms with van der Waals surface area (Å²) in [5.74, 6) is 0. The first-order valence-electron chi connectivity index (χ1n) is 3.81. The molecule has 23 heavy (non-hydrogen) atoms. The van der Waals surface area contributed by atoms with Gasteiger partial charge in [0.15, 0.2) is 0 Å². The Morgan fingerprint density at radius 3 is 1.26 bits per heavy atom. The lowest BCUT2D eigenvalue weighted by Gasteiger charge is -2.04. The molecule has 23 heteroatoms. The van der Waals surface area contributed by atoms with E-state index in [4.69, 9.17) is 10.5 Å². The Labute approximate surface area is 121 Å². The van der Waals surface area contributed by atoms with Gasteiger partial charge in [0.05, 0.1) is 0 Å². The third-order valence-corrected chi connectivity index (χ3v) is 3.29. The zero-order chi connectivity index (χ0) is 17.4. The Morgan fingerprint density at radius 1 is 0.652 bits per heavy atom. The van der Waals surface area contributed by atoms with Gasteiger partial charge >= 0.3 is 15.0 Å². The molecule has 0 spiro atoms. The molecule has 0 aliphatic carbocycles. The van der Waals surface area contributed by atoms with Crippen LogP contribution in [0.4, 0.5) is 0 Å². The molecule has 1 atom stereocenters. The minimum absolute atomic E-state index is 2.83.